The van der Waals surface area contributed by atoms with Crippen LogP contribution in [0.15, 0.2) is 78.9 Å². The second kappa shape index (κ2) is 6.39. The van der Waals surface area contributed by atoms with Crippen LogP contribution in [0, 0.1) is 17.8 Å². The van der Waals surface area contributed by atoms with Gasteiger partial charge in [-0.2, -0.15) is 0 Å². The fourth-order valence-electron chi connectivity index (χ4n) is 4.52. The number of nitrogens with zero attached hydrogens (tertiary/aromatic N) is 1. The minimum Gasteiger partial charge on any atom is -0.374 e. The molecule has 0 aromatic heterocycles. The van der Waals surface area contributed by atoms with Crippen molar-refractivity contribution in [1.29, 1.82) is 0 Å². The first kappa shape index (κ1) is 16.8. The minimum absolute atomic E-state index is 0.260. The van der Waals surface area contributed by atoms with Gasteiger partial charge in [-0.05, 0) is 42.2 Å². The van der Waals surface area contributed by atoms with Crippen molar-refractivity contribution in [3.63, 3.8) is 0 Å². The zero-order chi connectivity index (χ0) is 19.1. The first-order valence-electron chi connectivity index (χ1n) is 9.71. The van der Waals surface area contributed by atoms with Gasteiger partial charge in [0.15, 0.2) is 5.78 Å². The standard InChI is InChI=1S/C26H21NO/c1-27-18-22-17-26(22,25(28)21-10-6-3-7-11-21)23-15-14-20(16-24(23)27)13-12-19-8-4-2-5-9-19/h2-11,14-16,22H,17-18H2,1H3/t22-,26+/m0/s1. The highest BCUT2D eigenvalue weighted by molar-refractivity contribution is 6.08. The van der Waals surface area contributed by atoms with Crippen molar-refractivity contribution in [2.24, 2.45) is 5.92 Å². The summed E-state index contributed by atoms with van der Waals surface area (Å²) in [6.45, 7) is 0.918. The number of anilines is 1. The SMILES string of the molecule is CN1C[C@@H]2C[C@]2(C(=O)c2ccccc2)c2ccc(C#Cc3ccccc3)cc21. The molecule has 2 nitrogen and oxygen atoms in total. The van der Waals surface area contributed by atoms with Crippen molar-refractivity contribution >= 4 is 11.5 Å². The Morgan fingerprint density at radius 3 is 2.36 bits per heavy atom. The van der Waals surface area contributed by atoms with Crippen molar-refractivity contribution in [3.8, 4) is 11.8 Å². The Morgan fingerprint density at radius 2 is 1.61 bits per heavy atom. The summed E-state index contributed by atoms with van der Waals surface area (Å²) in [5.41, 5.74) is 4.74. The van der Waals surface area contributed by atoms with Gasteiger partial charge < -0.3 is 4.90 Å². The molecule has 0 spiro atoms. The number of hydrogen-bond donors (Lipinski definition) is 0. The molecule has 2 atom stereocenters. The van der Waals surface area contributed by atoms with Gasteiger partial charge in [-0.25, -0.2) is 0 Å². The van der Waals surface area contributed by atoms with Crippen LogP contribution in [-0.4, -0.2) is 19.4 Å². The van der Waals surface area contributed by atoms with Gasteiger partial charge in [0.05, 0.1) is 5.41 Å². The highest BCUT2D eigenvalue weighted by Gasteiger charge is 2.63. The van der Waals surface area contributed by atoms with E-state index in [9.17, 15) is 4.79 Å². The van der Waals surface area contributed by atoms with E-state index in [0.717, 1.165) is 40.9 Å². The predicted molar refractivity (Wildman–Crippen MR) is 113 cm³/mol. The second-order valence-corrected chi connectivity index (χ2v) is 7.80. The van der Waals surface area contributed by atoms with Crippen LogP contribution in [-0.2, 0) is 5.41 Å². The van der Waals surface area contributed by atoms with E-state index in [1.807, 2.05) is 60.7 Å². The molecule has 136 valence electrons. The van der Waals surface area contributed by atoms with E-state index in [1.54, 1.807) is 0 Å². The third-order valence-corrected chi connectivity index (χ3v) is 6.06. The van der Waals surface area contributed by atoms with E-state index in [2.05, 4.69) is 42.0 Å². The smallest absolute Gasteiger partial charge is 0.173 e. The van der Waals surface area contributed by atoms with Crippen LogP contribution in [0.3, 0.4) is 0 Å². The van der Waals surface area contributed by atoms with Crippen LogP contribution in [0.5, 0.6) is 0 Å². The van der Waals surface area contributed by atoms with Gasteiger partial charge in [-0.15, -0.1) is 0 Å². The number of benzene rings is 3. The fourth-order valence-corrected chi connectivity index (χ4v) is 4.52. The molecule has 0 N–H and O–H groups in total. The summed E-state index contributed by atoms with van der Waals surface area (Å²) >= 11 is 0. The average molecular weight is 363 g/mol. The van der Waals surface area contributed by atoms with Gasteiger partial charge in [0, 0.05) is 36.0 Å². The van der Waals surface area contributed by atoms with Crippen LogP contribution in [0.25, 0.3) is 0 Å². The highest BCUT2D eigenvalue weighted by Crippen LogP contribution is 2.61. The largest absolute Gasteiger partial charge is 0.374 e. The van der Waals surface area contributed by atoms with Gasteiger partial charge in [0.1, 0.15) is 0 Å². The molecule has 0 saturated heterocycles. The highest BCUT2D eigenvalue weighted by atomic mass is 16.1. The van der Waals surface area contributed by atoms with Crippen molar-refractivity contribution < 1.29 is 4.79 Å². The van der Waals surface area contributed by atoms with Crippen LogP contribution >= 0.6 is 0 Å². The van der Waals surface area contributed by atoms with Crippen molar-refractivity contribution in [2.75, 3.05) is 18.5 Å². The second-order valence-electron chi connectivity index (χ2n) is 7.80. The molecule has 1 saturated carbocycles. The maximum absolute atomic E-state index is 13.4. The van der Waals surface area contributed by atoms with Crippen molar-refractivity contribution in [3.05, 3.63) is 101 Å². The Hall–Kier alpha value is -3.31. The topological polar surface area (TPSA) is 20.3 Å². The molecule has 0 bridgehead atoms. The number of ketones is 1. The van der Waals surface area contributed by atoms with Crippen LogP contribution in [0.1, 0.15) is 33.5 Å². The third-order valence-electron chi connectivity index (χ3n) is 6.06. The lowest BCUT2D eigenvalue weighted by Gasteiger charge is -2.32. The monoisotopic (exact) mass is 363 g/mol. The summed E-state index contributed by atoms with van der Waals surface area (Å²) in [5, 5.41) is 0. The minimum atomic E-state index is -0.353. The molecule has 28 heavy (non-hydrogen) atoms. The maximum Gasteiger partial charge on any atom is 0.173 e. The molecule has 2 heteroatoms. The average Bonchev–Trinajstić information content (AvgIpc) is 3.48. The molecular weight excluding hydrogens is 342 g/mol. The number of carbonyl (C=O) groups is 1. The first-order valence-corrected chi connectivity index (χ1v) is 9.71. The summed E-state index contributed by atoms with van der Waals surface area (Å²) in [7, 11) is 2.11. The van der Waals surface area contributed by atoms with E-state index in [-0.39, 0.29) is 11.2 Å². The summed E-state index contributed by atoms with van der Waals surface area (Å²) in [6.07, 6.45) is 0.938. The van der Waals surface area contributed by atoms with Gasteiger partial charge in [0.2, 0.25) is 0 Å². The number of Topliss-reactive ketones (excluding diaryl/α,β-unsaturated/α-hetero) is 1. The first-order chi connectivity index (χ1) is 13.7. The molecule has 0 unspecified atom stereocenters. The molecule has 3 aromatic carbocycles. The van der Waals surface area contributed by atoms with Crippen LogP contribution in [0.4, 0.5) is 5.69 Å². The molecule has 0 amide bonds. The predicted octanol–water partition coefficient (Wildman–Crippen LogP) is 4.68. The number of hydrogen-bond acceptors (Lipinski definition) is 2. The van der Waals surface area contributed by atoms with Gasteiger partial charge in [-0.3, -0.25) is 4.79 Å². The molecule has 1 fully saturated rings. The Bertz CT molecular complexity index is 1110. The van der Waals surface area contributed by atoms with E-state index < -0.39 is 0 Å². The molecular formula is C26H21NO. The molecule has 1 heterocycles. The van der Waals surface area contributed by atoms with E-state index in [4.69, 9.17) is 0 Å². The van der Waals surface area contributed by atoms with Gasteiger partial charge >= 0.3 is 0 Å². The molecule has 1 aliphatic heterocycles. The van der Waals surface area contributed by atoms with E-state index in [1.165, 1.54) is 0 Å². The number of carbonyl (C=O) groups excluding carboxylic acids is 1. The summed E-state index contributed by atoms with van der Waals surface area (Å²) < 4.78 is 0. The quantitative estimate of drug-likeness (QED) is 0.487. The third kappa shape index (κ3) is 2.63. The number of rotatable bonds is 2. The van der Waals surface area contributed by atoms with Crippen molar-refractivity contribution in [1.82, 2.24) is 0 Å². The lowest BCUT2D eigenvalue weighted by Crippen LogP contribution is -2.35. The molecule has 2 aliphatic rings. The molecule has 0 radical (unpaired) electrons. The normalized spacial score (nSPS) is 21.8. The van der Waals surface area contributed by atoms with Crippen LogP contribution in [0.2, 0.25) is 0 Å². The molecule has 1 aliphatic carbocycles. The van der Waals surface area contributed by atoms with Crippen LogP contribution < -0.4 is 4.90 Å². The summed E-state index contributed by atoms with van der Waals surface area (Å²) in [4.78, 5) is 15.7. The zero-order valence-electron chi connectivity index (χ0n) is 15.9. The number of fused-ring (bicyclic) bond motifs is 3. The van der Waals surface area contributed by atoms with Gasteiger partial charge in [-0.1, -0.05) is 66.4 Å². The molecule has 3 aromatic rings. The summed E-state index contributed by atoms with van der Waals surface area (Å²) in [5.74, 6) is 7.16. The van der Waals surface area contributed by atoms with Crippen molar-refractivity contribution in [2.45, 2.75) is 11.8 Å². The van der Waals surface area contributed by atoms with E-state index in [0.29, 0.717) is 5.92 Å². The fraction of sp³-hybridized carbons (Fsp3) is 0.192. The Balaban J connectivity index is 1.53. The summed E-state index contributed by atoms with van der Waals surface area (Å²) in [6, 6.07) is 26.1. The maximum atomic E-state index is 13.4. The Kier molecular flexibility index (Phi) is 3.84. The Labute approximate surface area is 165 Å². The van der Waals surface area contributed by atoms with Gasteiger partial charge in [0.25, 0.3) is 0 Å². The lowest BCUT2D eigenvalue weighted by molar-refractivity contribution is 0.0936. The molecule has 5 rings (SSSR count). The van der Waals surface area contributed by atoms with E-state index >= 15 is 0 Å². The Morgan fingerprint density at radius 1 is 0.929 bits per heavy atom. The lowest BCUT2D eigenvalue weighted by atomic mass is 9.81. The zero-order valence-corrected chi connectivity index (χ0v) is 15.9.